The Kier molecular flexibility index (Phi) is 7.25. The average molecular weight is 319 g/mol. The second-order valence-electron chi connectivity index (χ2n) is 4.60. The van der Waals surface area contributed by atoms with Crippen molar-refractivity contribution in [3.8, 4) is 0 Å². The van der Waals surface area contributed by atoms with Crippen LogP contribution in [0, 0.1) is 0 Å². The Balaban J connectivity index is 3.01. The minimum Gasteiger partial charge on any atom is -0.438 e. The molecule has 0 spiro atoms. The maximum absolute atomic E-state index is 11.3. The Morgan fingerprint density at radius 3 is 2.64 bits per heavy atom. The second kappa shape index (κ2) is 8.69. The molecule has 0 aromatic rings. The van der Waals surface area contributed by atoms with E-state index in [4.69, 9.17) is 14.2 Å². The Hall–Kier alpha value is -1.68. The molecule has 0 saturated carbocycles. The molecule has 9 nitrogen and oxygen atoms in total. The quantitative estimate of drug-likeness (QED) is 0.417. The molecule has 0 radical (unpaired) electrons. The standard InChI is InChI=1S/C13H21NO8/c1-4-5-20-12-9(14-7(2)16)11(22-13(18)19-3)10(17)8(6-15)21-12/h4,8-12,15,17H,1,5-6H2,2-3H3,(H,14,16)/t8-,9+,10-,11-,12+/m1/s1. The van der Waals surface area contributed by atoms with Gasteiger partial charge in [-0.2, -0.15) is 0 Å². The predicted octanol–water partition coefficient (Wildman–Crippen LogP) is -1.08. The number of hydrogen-bond donors (Lipinski definition) is 3. The summed E-state index contributed by atoms with van der Waals surface area (Å²) in [5.74, 6) is -0.436. The number of carbonyl (C=O) groups is 2. The molecule has 1 rings (SSSR count). The lowest BCUT2D eigenvalue weighted by atomic mass is 9.96. The Morgan fingerprint density at radius 1 is 1.45 bits per heavy atom. The zero-order valence-electron chi connectivity index (χ0n) is 12.4. The highest BCUT2D eigenvalue weighted by Crippen LogP contribution is 2.25. The van der Waals surface area contributed by atoms with E-state index in [-0.39, 0.29) is 6.61 Å². The molecule has 9 heteroatoms. The molecule has 0 aliphatic carbocycles. The van der Waals surface area contributed by atoms with Crippen LogP contribution in [0.15, 0.2) is 12.7 Å². The number of hydrogen-bond acceptors (Lipinski definition) is 8. The number of aliphatic hydroxyl groups is 2. The van der Waals surface area contributed by atoms with Gasteiger partial charge in [-0.3, -0.25) is 4.79 Å². The molecule has 1 fully saturated rings. The molecule has 1 heterocycles. The van der Waals surface area contributed by atoms with Gasteiger partial charge in [-0.25, -0.2) is 4.79 Å². The van der Waals surface area contributed by atoms with Crippen molar-refractivity contribution < 1.29 is 38.7 Å². The third-order valence-corrected chi connectivity index (χ3v) is 3.00. The van der Waals surface area contributed by atoms with Gasteiger partial charge >= 0.3 is 6.16 Å². The zero-order chi connectivity index (χ0) is 16.7. The molecular formula is C13H21NO8. The number of rotatable bonds is 6. The van der Waals surface area contributed by atoms with E-state index in [2.05, 4.69) is 16.6 Å². The number of carbonyl (C=O) groups excluding carboxylic acids is 2. The average Bonchev–Trinajstić information content (AvgIpc) is 2.49. The monoisotopic (exact) mass is 319 g/mol. The van der Waals surface area contributed by atoms with Gasteiger partial charge < -0.3 is 34.5 Å². The van der Waals surface area contributed by atoms with Crippen LogP contribution in [0.25, 0.3) is 0 Å². The van der Waals surface area contributed by atoms with Crippen molar-refractivity contribution in [3.63, 3.8) is 0 Å². The molecule has 1 amide bonds. The van der Waals surface area contributed by atoms with E-state index in [0.29, 0.717) is 0 Å². The van der Waals surface area contributed by atoms with Crippen molar-refractivity contribution in [2.24, 2.45) is 0 Å². The normalized spacial score (nSPS) is 31.2. The van der Waals surface area contributed by atoms with Gasteiger partial charge in [0.1, 0.15) is 18.2 Å². The van der Waals surface area contributed by atoms with Crippen LogP contribution in [0.4, 0.5) is 4.79 Å². The molecule has 0 unspecified atom stereocenters. The van der Waals surface area contributed by atoms with Crippen molar-refractivity contribution >= 4 is 12.1 Å². The third kappa shape index (κ3) is 4.67. The summed E-state index contributed by atoms with van der Waals surface area (Å²) < 4.78 is 20.1. The highest BCUT2D eigenvalue weighted by molar-refractivity contribution is 5.73. The minimum atomic E-state index is -1.37. The van der Waals surface area contributed by atoms with E-state index in [1.54, 1.807) is 0 Å². The maximum Gasteiger partial charge on any atom is 0.508 e. The zero-order valence-corrected chi connectivity index (χ0v) is 12.4. The van der Waals surface area contributed by atoms with Crippen molar-refractivity contribution in [2.75, 3.05) is 20.3 Å². The SMILES string of the molecule is C=CCO[C@H]1O[C@H](CO)[C@@H](O)[C@H](OC(=O)OC)[C@@H]1NC(C)=O. The van der Waals surface area contributed by atoms with E-state index < -0.39 is 49.3 Å². The lowest BCUT2D eigenvalue weighted by Gasteiger charge is -2.43. The van der Waals surface area contributed by atoms with Crippen LogP contribution in [0.2, 0.25) is 0 Å². The van der Waals surface area contributed by atoms with Crippen molar-refractivity contribution in [1.29, 1.82) is 0 Å². The fourth-order valence-corrected chi connectivity index (χ4v) is 2.06. The van der Waals surface area contributed by atoms with Crippen LogP contribution >= 0.6 is 0 Å². The molecule has 126 valence electrons. The highest BCUT2D eigenvalue weighted by atomic mass is 16.7. The Bertz CT molecular complexity index is 402. The van der Waals surface area contributed by atoms with E-state index in [0.717, 1.165) is 7.11 Å². The molecule has 3 N–H and O–H groups in total. The fraction of sp³-hybridized carbons (Fsp3) is 0.692. The fourth-order valence-electron chi connectivity index (χ4n) is 2.06. The van der Waals surface area contributed by atoms with E-state index in [1.807, 2.05) is 0 Å². The van der Waals surface area contributed by atoms with Gasteiger partial charge in [-0.15, -0.1) is 6.58 Å². The first-order chi connectivity index (χ1) is 10.4. The van der Waals surface area contributed by atoms with Gasteiger partial charge in [0, 0.05) is 6.92 Å². The molecule has 22 heavy (non-hydrogen) atoms. The summed E-state index contributed by atoms with van der Waals surface area (Å²) in [4.78, 5) is 22.7. The first-order valence-corrected chi connectivity index (χ1v) is 6.63. The Labute approximate surface area is 127 Å². The predicted molar refractivity (Wildman–Crippen MR) is 72.8 cm³/mol. The molecular weight excluding hydrogens is 298 g/mol. The van der Waals surface area contributed by atoms with E-state index >= 15 is 0 Å². The van der Waals surface area contributed by atoms with Crippen LogP contribution in [0.1, 0.15) is 6.92 Å². The topological polar surface area (TPSA) is 124 Å². The summed E-state index contributed by atoms with van der Waals surface area (Å²) in [7, 11) is 1.11. The van der Waals surface area contributed by atoms with Gasteiger partial charge in [-0.1, -0.05) is 6.08 Å². The summed E-state index contributed by atoms with van der Waals surface area (Å²) in [6, 6.07) is -0.977. The van der Waals surface area contributed by atoms with Gasteiger partial charge in [0.15, 0.2) is 12.4 Å². The summed E-state index contributed by atoms with van der Waals surface area (Å²) >= 11 is 0. The van der Waals surface area contributed by atoms with Gasteiger partial charge in [0.05, 0.1) is 20.3 Å². The minimum absolute atomic E-state index is 0.0972. The molecule has 5 atom stereocenters. The van der Waals surface area contributed by atoms with Crippen LogP contribution in [0.3, 0.4) is 0 Å². The number of methoxy groups -OCH3 is 1. The van der Waals surface area contributed by atoms with Crippen molar-refractivity contribution in [1.82, 2.24) is 5.32 Å². The lowest BCUT2D eigenvalue weighted by Crippen LogP contribution is -2.65. The number of ether oxygens (including phenoxy) is 4. The van der Waals surface area contributed by atoms with Crippen LogP contribution < -0.4 is 5.32 Å². The first-order valence-electron chi connectivity index (χ1n) is 6.63. The molecule has 1 saturated heterocycles. The summed E-state index contributed by atoms with van der Waals surface area (Å²) in [6.07, 6.45) is -4.25. The van der Waals surface area contributed by atoms with Crippen LogP contribution in [-0.2, 0) is 23.7 Å². The summed E-state index contributed by atoms with van der Waals surface area (Å²) in [6.45, 7) is 4.32. The van der Waals surface area contributed by atoms with E-state index in [9.17, 15) is 19.8 Å². The lowest BCUT2D eigenvalue weighted by molar-refractivity contribution is -0.268. The third-order valence-electron chi connectivity index (χ3n) is 3.00. The second-order valence-corrected chi connectivity index (χ2v) is 4.60. The molecule has 0 aromatic carbocycles. The smallest absolute Gasteiger partial charge is 0.438 e. The largest absolute Gasteiger partial charge is 0.508 e. The first kappa shape index (κ1) is 18.4. The number of amides is 1. The molecule has 1 aliphatic heterocycles. The van der Waals surface area contributed by atoms with Crippen LogP contribution in [0.5, 0.6) is 0 Å². The van der Waals surface area contributed by atoms with Gasteiger partial charge in [0.25, 0.3) is 0 Å². The molecule has 1 aliphatic rings. The maximum atomic E-state index is 11.3. The number of nitrogens with one attached hydrogen (secondary N) is 1. The van der Waals surface area contributed by atoms with Gasteiger partial charge in [-0.05, 0) is 0 Å². The molecule has 0 bridgehead atoms. The van der Waals surface area contributed by atoms with Crippen LogP contribution in [-0.4, -0.2) is 73.2 Å². The summed E-state index contributed by atoms with van der Waals surface area (Å²) in [5.41, 5.74) is 0. The Morgan fingerprint density at radius 2 is 2.14 bits per heavy atom. The van der Waals surface area contributed by atoms with Crippen molar-refractivity contribution in [2.45, 2.75) is 37.6 Å². The molecule has 0 aromatic heterocycles. The van der Waals surface area contributed by atoms with E-state index in [1.165, 1.54) is 13.0 Å². The highest BCUT2D eigenvalue weighted by Gasteiger charge is 2.48. The van der Waals surface area contributed by atoms with Gasteiger partial charge in [0.2, 0.25) is 5.91 Å². The summed E-state index contributed by atoms with van der Waals surface area (Å²) in [5, 5.41) is 21.9. The number of aliphatic hydroxyl groups excluding tert-OH is 2. The van der Waals surface area contributed by atoms with Crippen molar-refractivity contribution in [3.05, 3.63) is 12.7 Å².